The average Bonchev–Trinajstić information content (AvgIpc) is 2.82. The predicted octanol–water partition coefficient (Wildman–Crippen LogP) is 3.74. The Kier molecular flexibility index (Phi) is 4.66. The van der Waals surface area contributed by atoms with E-state index in [2.05, 4.69) is 47.0 Å². The topological polar surface area (TPSA) is 34.4 Å². The molecule has 0 unspecified atom stereocenters. The summed E-state index contributed by atoms with van der Waals surface area (Å²) in [6.07, 6.45) is 0. The molecule has 2 aromatic rings. The second-order valence-corrected chi connectivity index (χ2v) is 5.14. The van der Waals surface area contributed by atoms with E-state index in [-0.39, 0.29) is 6.04 Å². The molecule has 0 spiro atoms. The molecule has 1 heterocycles. The van der Waals surface area contributed by atoms with Gasteiger partial charge >= 0.3 is 0 Å². The highest BCUT2D eigenvalue weighted by Gasteiger charge is 2.06. The summed E-state index contributed by atoms with van der Waals surface area (Å²) in [5.74, 6) is 1.84. The summed E-state index contributed by atoms with van der Waals surface area (Å²) in [4.78, 5) is 0. The van der Waals surface area contributed by atoms with Crippen LogP contribution in [0.3, 0.4) is 0 Å². The zero-order valence-electron chi connectivity index (χ0n) is 10.4. The second-order valence-electron chi connectivity index (χ2n) is 4.08. The van der Waals surface area contributed by atoms with E-state index < -0.39 is 0 Å². The molecule has 2 rings (SSSR count). The maximum absolute atomic E-state index is 5.51. The molecular formula is C14H16INO2. The van der Waals surface area contributed by atoms with E-state index in [1.54, 1.807) is 7.11 Å². The highest BCUT2D eigenvalue weighted by molar-refractivity contribution is 14.1. The number of hydrogen-bond acceptors (Lipinski definition) is 3. The van der Waals surface area contributed by atoms with Crippen molar-refractivity contribution in [3.63, 3.8) is 0 Å². The number of furan rings is 1. The number of rotatable bonds is 5. The summed E-state index contributed by atoms with van der Waals surface area (Å²) >= 11 is 2.17. The van der Waals surface area contributed by atoms with E-state index in [1.807, 2.05) is 24.3 Å². The van der Waals surface area contributed by atoms with Crippen molar-refractivity contribution in [3.05, 3.63) is 51.5 Å². The van der Waals surface area contributed by atoms with Crippen LogP contribution in [-0.4, -0.2) is 7.11 Å². The van der Waals surface area contributed by atoms with Gasteiger partial charge in [-0.1, -0.05) is 12.1 Å². The van der Waals surface area contributed by atoms with Gasteiger partial charge in [0.15, 0.2) is 3.77 Å². The molecule has 4 heteroatoms. The zero-order valence-corrected chi connectivity index (χ0v) is 12.6. The third-order valence-corrected chi connectivity index (χ3v) is 3.41. The van der Waals surface area contributed by atoms with Gasteiger partial charge in [-0.2, -0.15) is 0 Å². The van der Waals surface area contributed by atoms with E-state index in [0.717, 1.165) is 21.8 Å². The minimum Gasteiger partial charge on any atom is -0.497 e. The number of nitrogens with one attached hydrogen (secondary N) is 1. The Morgan fingerprint density at radius 3 is 2.50 bits per heavy atom. The van der Waals surface area contributed by atoms with Crippen LogP contribution in [-0.2, 0) is 6.54 Å². The molecule has 0 radical (unpaired) electrons. The van der Waals surface area contributed by atoms with Crippen LogP contribution in [0.5, 0.6) is 5.75 Å². The molecule has 96 valence electrons. The fourth-order valence-corrected chi connectivity index (χ4v) is 2.17. The van der Waals surface area contributed by atoms with Gasteiger partial charge in [-0.25, -0.2) is 0 Å². The summed E-state index contributed by atoms with van der Waals surface area (Å²) in [5, 5.41) is 3.43. The molecule has 0 bridgehead atoms. The van der Waals surface area contributed by atoms with Crippen molar-refractivity contribution in [3.8, 4) is 5.75 Å². The molecule has 1 N–H and O–H groups in total. The number of methoxy groups -OCH3 is 1. The van der Waals surface area contributed by atoms with Crippen LogP contribution in [0.15, 0.2) is 40.8 Å². The third kappa shape index (κ3) is 3.49. The first-order valence-corrected chi connectivity index (χ1v) is 6.88. The fraction of sp³-hybridized carbons (Fsp3) is 0.286. The molecule has 3 nitrogen and oxygen atoms in total. The van der Waals surface area contributed by atoms with Crippen LogP contribution in [0.25, 0.3) is 0 Å². The lowest BCUT2D eigenvalue weighted by atomic mass is 10.1. The summed E-state index contributed by atoms with van der Waals surface area (Å²) in [6.45, 7) is 2.87. The van der Waals surface area contributed by atoms with Crippen LogP contribution in [0, 0.1) is 3.77 Å². The van der Waals surface area contributed by atoms with Crippen LogP contribution < -0.4 is 10.1 Å². The molecule has 0 amide bonds. The lowest BCUT2D eigenvalue weighted by molar-refractivity contribution is 0.414. The van der Waals surface area contributed by atoms with Crippen molar-refractivity contribution >= 4 is 22.6 Å². The Morgan fingerprint density at radius 2 is 1.94 bits per heavy atom. The van der Waals surface area contributed by atoms with Gasteiger partial charge in [0.05, 0.1) is 13.7 Å². The molecule has 0 aliphatic heterocycles. The number of hydrogen-bond donors (Lipinski definition) is 1. The molecular weight excluding hydrogens is 341 g/mol. The van der Waals surface area contributed by atoms with Crippen LogP contribution >= 0.6 is 22.6 Å². The van der Waals surface area contributed by atoms with Gasteiger partial charge in [0, 0.05) is 6.04 Å². The molecule has 0 fully saturated rings. The maximum Gasteiger partial charge on any atom is 0.164 e. The van der Waals surface area contributed by atoms with E-state index in [4.69, 9.17) is 9.15 Å². The van der Waals surface area contributed by atoms with Crippen molar-refractivity contribution in [2.45, 2.75) is 19.5 Å². The van der Waals surface area contributed by atoms with Gasteiger partial charge in [-0.3, -0.25) is 0 Å². The first-order valence-electron chi connectivity index (χ1n) is 5.80. The van der Waals surface area contributed by atoms with Crippen molar-refractivity contribution in [1.82, 2.24) is 5.32 Å². The van der Waals surface area contributed by atoms with E-state index in [1.165, 1.54) is 5.56 Å². The lowest BCUT2D eigenvalue weighted by Crippen LogP contribution is -2.17. The number of benzene rings is 1. The van der Waals surface area contributed by atoms with Gasteiger partial charge in [-0.05, 0) is 59.3 Å². The molecule has 1 aromatic carbocycles. The highest BCUT2D eigenvalue weighted by atomic mass is 127. The zero-order chi connectivity index (χ0) is 13.0. The average molecular weight is 357 g/mol. The molecule has 1 aromatic heterocycles. The monoisotopic (exact) mass is 357 g/mol. The van der Waals surface area contributed by atoms with Crippen LogP contribution in [0.4, 0.5) is 0 Å². The SMILES string of the molecule is COc1ccc([C@H](C)NCc2ccc(I)o2)cc1. The minimum absolute atomic E-state index is 0.277. The van der Waals surface area contributed by atoms with Crippen molar-refractivity contribution in [2.24, 2.45) is 0 Å². The molecule has 0 saturated heterocycles. The van der Waals surface area contributed by atoms with E-state index in [0.29, 0.717) is 0 Å². The Bertz CT molecular complexity index is 493. The Balaban J connectivity index is 1.92. The van der Waals surface area contributed by atoms with Gasteiger partial charge in [-0.15, -0.1) is 0 Å². The Hall–Kier alpha value is -1.01. The van der Waals surface area contributed by atoms with Gasteiger partial charge in [0.2, 0.25) is 0 Å². The van der Waals surface area contributed by atoms with Gasteiger partial charge in [0.25, 0.3) is 0 Å². The predicted molar refractivity (Wildman–Crippen MR) is 79.7 cm³/mol. The molecule has 0 saturated carbocycles. The lowest BCUT2D eigenvalue weighted by Gasteiger charge is -2.13. The number of ether oxygens (including phenoxy) is 1. The maximum atomic E-state index is 5.51. The second kappa shape index (κ2) is 6.24. The summed E-state index contributed by atoms with van der Waals surface area (Å²) in [7, 11) is 1.68. The van der Waals surface area contributed by atoms with E-state index in [9.17, 15) is 0 Å². The third-order valence-electron chi connectivity index (χ3n) is 2.83. The van der Waals surface area contributed by atoms with E-state index >= 15 is 0 Å². The van der Waals surface area contributed by atoms with Gasteiger partial charge in [0.1, 0.15) is 11.5 Å². The minimum atomic E-state index is 0.277. The number of halogens is 1. The summed E-state index contributed by atoms with van der Waals surface area (Å²) < 4.78 is 11.6. The standard InChI is InChI=1S/C14H16INO2/c1-10(11-3-5-12(17-2)6-4-11)16-9-13-7-8-14(15)18-13/h3-8,10,16H,9H2,1-2H3/t10-/m0/s1. The van der Waals surface area contributed by atoms with Crippen molar-refractivity contribution in [2.75, 3.05) is 7.11 Å². The molecule has 1 atom stereocenters. The highest BCUT2D eigenvalue weighted by Crippen LogP contribution is 2.18. The Labute approximate surface area is 121 Å². The first-order chi connectivity index (χ1) is 8.69. The van der Waals surface area contributed by atoms with Crippen LogP contribution in [0.2, 0.25) is 0 Å². The van der Waals surface area contributed by atoms with Gasteiger partial charge < -0.3 is 14.5 Å². The summed E-state index contributed by atoms with van der Waals surface area (Å²) in [5.41, 5.74) is 1.23. The van der Waals surface area contributed by atoms with Crippen molar-refractivity contribution in [1.29, 1.82) is 0 Å². The summed E-state index contributed by atoms with van der Waals surface area (Å²) in [6, 6.07) is 12.3. The Morgan fingerprint density at radius 1 is 1.22 bits per heavy atom. The first kappa shape index (κ1) is 13.4. The molecule has 0 aliphatic rings. The normalized spacial score (nSPS) is 12.4. The fourth-order valence-electron chi connectivity index (χ4n) is 1.71. The van der Waals surface area contributed by atoms with Crippen LogP contribution in [0.1, 0.15) is 24.3 Å². The van der Waals surface area contributed by atoms with Crippen molar-refractivity contribution < 1.29 is 9.15 Å². The molecule has 18 heavy (non-hydrogen) atoms. The largest absolute Gasteiger partial charge is 0.497 e. The quantitative estimate of drug-likeness (QED) is 0.828. The molecule has 0 aliphatic carbocycles. The smallest absolute Gasteiger partial charge is 0.164 e.